The second-order valence-electron chi connectivity index (χ2n) is 27.6. The van der Waals surface area contributed by atoms with Crippen molar-refractivity contribution in [1.29, 1.82) is 0 Å². The lowest BCUT2D eigenvalue weighted by molar-refractivity contribution is -0.142. The van der Waals surface area contributed by atoms with Crippen LogP contribution in [0.4, 0.5) is 129 Å². The Balaban J connectivity index is 0.000000255. The van der Waals surface area contributed by atoms with Gasteiger partial charge in [0.2, 0.25) is 5.88 Å². The summed E-state index contributed by atoms with van der Waals surface area (Å²) >= 11 is 0. The van der Waals surface area contributed by atoms with Crippen LogP contribution in [0.15, 0.2) is 225 Å². The van der Waals surface area contributed by atoms with Crippen LogP contribution in [-0.4, -0.2) is 68.4 Å². The number of rotatable bonds is 20. The fourth-order valence-electron chi connectivity index (χ4n) is 12.0. The van der Waals surface area contributed by atoms with Gasteiger partial charge in [-0.1, -0.05) is 79.6 Å². The van der Waals surface area contributed by atoms with E-state index < -0.39 is 106 Å². The molecule has 4 N–H and O–H groups in total. The third-order valence-corrected chi connectivity index (χ3v) is 18.7. The number of pyridine rings is 4. The molecule has 0 saturated heterocycles. The molecule has 5 aromatic carbocycles. The molecule has 10 heterocycles. The summed E-state index contributed by atoms with van der Waals surface area (Å²) in [5.41, 5.74) is -1.18. The minimum absolute atomic E-state index is 0. The Bertz CT molecular complexity index is 5610. The summed E-state index contributed by atoms with van der Waals surface area (Å²) in [7, 11) is 7.21. The number of ether oxygens (including phenoxy) is 1. The second-order valence-corrected chi connectivity index (χ2v) is 27.6. The average molecular weight is 1900 g/mol. The van der Waals surface area contributed by atoms with E-state index >= 15 is 0 Å². The monoisotopic (exact) mass is 1900 g/mol. The van der Waals surface area contributed by atoms with Gasteiger partial charge in [-0.05, 0) is 127 Å². The van der Waals surface area contributed by atoms with Gasteiger partial charge >= 0.3 is 30.9 Å². The lowest BCUT2D eigenvalue weighted by Gasteiger charge is -2.09. The van der Waals surface area contributed by atoms with Crippen molar-refractivity contribution in [3.63, 3.8) is 0 Å². The molecule has 0 unspecified atom stereocenters. The van der Waals surface area contributed by atoms with Gasteiger partial charge in [0.25, 0.3) is 0 Å². The number of hydrogen-bond acceptors (Lipinski definition) is 14. The van der Waals surface area contributed by atoms with Crippen LogP contribution in [-0.2, 0) is 98.9 Å². The Morgan fingerprint density at radius 2 is 0.590 bits per heavy atom. The Morgan fingerprint density at radius 3 is 0.896 bits per heavy atom. The highest BCUT2D eigenvalue weighted by atomic mass is 19.4. The van der Waals surface area contributed by atoms with Gasteiger partial charge in [0, 0.05) is 155 Å². The van der Waals surface area contributed by atoms with Crippen molar-refractivity contribution < 1.29 is 110 Å². The zero-order valence-corrected chi connectivity index (χ0v) is 67.1. The highest BCUT2D eigenvalue weighted by molar-refractivity contribution is 5.65. The van der Waals surface area contributed by atoms with Gasteiger partial charge in [-0.15, -0.1) is 0 Å². The van der Waals surface area contributed by atoms with E-state index in [1.54, 1.807) is 42.5 Å². The number of alkyl halides is 15. The highest BCUT2D eigenvalue weighted by Crippen LogP contribution is 2.39. The molecule has 0 atom stereocenters. The van der Waals surface area contributed by atoms with Gasteiger partial charge in [0.15, 0.2) is 17.1 Å². The molecule has 0 saturated carbocycles. The normalized spacial score (nSPS) is 11.2. The van der Waals surface area contributed by atoms with Crippen molar-refractivity contribution in [2.45, 2.75) is 101 Å². The lowest BCUT2D eigenvalue weighted by Crippen LogP contribution is -2.06. The van der Waals surface area contributed by atoms with Crippen molar-refractivity contribution in [2.75, 3.05) is 21.3 Å². The fraction of sp³-hybridized carbons (Fsp3) is 0.220. The van der Waals surface area contributed by atoms with Crippen LogP contribution in [0.3, 0.4) is 0 Å². The van der Waals surface area contributed by atoms with Crippen LogP contribution < -0.4 is 26.0 Å². The SMILES string of the molecule is C.C.C.C.C.Cn1cc(C(F)(F)F)cc1-c1ccc(NCc2c(F)cccc2F)nc1.Cn1cc(C(F)(F)F)cc1-c1cnc(NCc2c(F)cccc2F)cn1.Cn1nc(C(F)(F)F)cc1-c1ccc(NCc2c(F)cccc2F)nc1.Cn1nc(C(F)(F)F)cc1-c1ccc(NCc2ccccc2F)nc1.Cn1nc(C(F)(F)F)cc1-c1ccc(OCc2c(F)cccc2F)nc1. The van der Waals surface area contributed by atoms with E-state index in [1.165, 1.54) is 136 Å². The first-order valence-electron chi connectivity index (χ1n) is 37.4. The maximum atomic E-state index is 13.6. The summed E-state index contributed by atoms with van der Waals surface area (Å²) < 4.78 is 325. The van der Waals surface area contributed by atoms with Crippen LogP contribution in [0.1, 0.15) is 93.2 Å². The molecule has 0 aliphatic carbocycles. The summed E-state index contributed by atoms with van der Waals surface area (Å²) in [5, 5.41) is 21.6. The maximum Gasteiger partial charge on any atom is 0.435 e. The topological polar surface area (TPSA) is 198 Å². The minimum atomic E-state index is -4.55. The molecule has 10 aromatic heterocycles. The molecular formula is C91H86F24N18O. The maximum absolute atomic E-state index is 13.6. The zero-order valence-electron chi connectivity index (χ0n) is 67.1. The Morgan fingerprint density at radius 1 is 0.284 bits per heavy atom. The van der Waals surface area contributed by atoms with Crippen molar-refractivity contribution in [2.24, 2.45) is 35.2 Å². The van der Waals surface area contributed by atoms with Gasteiger partial charge in [-0.2, -0.15) is 81.2 Å². The van der Waals surface area contributed by atoms with Crippen LogP contribution in [0.5, 0.6) is 5.88 Å². The van der Waals surface area contributed by atoms with Crippen molar-refractivity contribution in [1.82, 2.24) is 68.4 Å². The van der Waals surface area contributed by atoms with Gasteiger partial charge in [-0.25, -0.2) is 69.4 Å². The Labute approximate surface area is 752 Å². The molecule has 43 heteroatoms. The van der Waals surface area contributed by atoms with E-state index in [9.17, 15) is 105 Å². The summed E-state index contributed by atoms with van der Waals surface area (Å²) in [4.78, 5) is 24.4. The van der Waals surface area contributed by atoms with Crippen molar-refractivity contribution in [3.8, 4) is 62.3 Å². The number of aromatic nitrogens is 14. The first-order valence-corrected chi connectivity index (χ1v) is 37.4. The zero-order chi connectivity index (χ0) is 93.6. The quantitative estimate of drug-likeness (QED) is 0.0526. The van der Waals surface area contributed by atoms with E-state index in [1.807, 2.05) is 0 Å². The lowest BCUT2D eigenvalue weighted by atomic mass is 10.2. The van der Waals surface area contributed by atoms with Gasteiger partial charge in [0.05, 0.1) is 51.9 Å². The number of benzene rings is 5. The first kappa shape index (κ1) is 108. The molecule has 15 aromatic rings. The number of anilines is 4. The molecule has 714 valence electrons. The van der Waals surface area contributed by atoms with Crippen molar-refractivity contribution >= 4 is 23.3 Å². The number of aryl methyl sites for hydroxylation is 5. The van der Waals surface area contributed by atoms with Crippen LogP contribution in [0.2, 0.25) is 0 Å². The molecule has 0 fully saturated rings. The van der Waals surface area contributed by atoms with E-state index in [0.717, 1.165) is 105 Å². The predicted molar refractivity (Wildman–Crippen MR) is 459 cm³/mol. The number of hydrogen-bond donors (Lipinski definition) is 4. The van der Waals surface area contributed by atoms with Crippen LogP contribution in [0.25, 0.3) is 56.4 Å². The first-order chi connectivity index (χ1) is 60.9. The molecule has 0 aliphatic heterocycles. The van der Waals surface area contributed by atoms with Gasteiger partial charge < -0.3 is 35.1 Å². The third kappa shape index (κ3) is 28.2. The molecule has 0 radical (unpaired) electrons. The molecular weight excluding hydrogens is 1820 g/mol. The fourth-order valence-corrected chi connectivity index (χ4v) is 12.0. The molecule has 0 spiro atoms. The molecule has 0 bridgehead atoms. The second kappa shape index (κ2) is 45.9. The predicted octanol–water partition coefficient (Wildman–Crippen LogP) is 25.6. The smallest absolute Gasteiger partial charge is 0.435 e. The van der Waals surface area contributed by atoms with Crippen molar-refractivity contribution in [3.05, 3.63) is 334 Å². The molecule has 134 heavy (non-hydrogen) atoms. The summed E-state index contributed by atoms with van der Waals surface area (Å²) in [6, 6.07) is 37.7. The third-order valence-electron chi connectivity index (χ3n) is 18.7. The molecule has 15 rings (SSSR count). The number of nitrogens with zero attached hydrogens (tertiary/aromatic N) is 14. The van der Waals surface area contributed by atoms with E-state index in [0.29, 0.717) is 56.7 Å². The van der Waals surface area contributed by atoms with E-state index in [2.05, 4.69) is 66.5 Å². The molecule has 0 amide bonds. The van der Waals surface area contributed by atoms with Gasteiger partial charge in [-0.3, -0.25) is 14.0 Å². The van der Waals surface area contributed by atoms with Crippen LogP contribution in [0, 0.1) is 52.4 Å². The number of halogens is 24. The largest absolute Gasteiger partial charge is 0.473 e. The summed E-state index contributed by atoms with van der Waals surface area (Å²) in [6.07, 6.45) is -12.4. The van der Waals surface area contributed by atoms with E-state index in [4.69, 9.17) is 4.74 Å². The van der Waals surface area contributed by atoms with Crippen LogP contribution >= 0.6 is 0 Å². The Kier molecular flexibility index (Phi) is 37.0. The Hall–Kier alpha value is -14.7. The number of nitrogens with one attached hydrogen (secondary N) is 4. The molecule has 19 nitrogen and oxygen atoms in total. The standard InChI is InChI=1S/C18H14F5N3.2C17H13F5N4.C17H12F5N3O.C17H14F4N4.5CH4/c1-26-10-12(18(21,22)23)7-16(26)11-5-6-17(24-8-11)25-9-13-14(19)3-2-4-15(13)20;1-26-9-10(17(20,21)22)5-15(26)14-7-25-16(8-23-14)24-6-11-12(18)3-2-4-13(11)19;1-26-14(7-15(25-26)17(20,21)22)10-5-6-16(23-8-10)24-9-11-12(18)3-2-4-13(11)19;1-25-14(7-15(24-25)17(20,21)22)10-5-6-16(23-8-10)26-9-11-12(18)3-2-4-13(11)19;1-25-14(8-15(24-25)17(19,20)21)12-6-7-16(23-10-12)22-9-11-4-2-3-5-13(11)18;;;;;/h2-8,10H,9H2,1H3,(H,24,25);2-5,7-9H,6H2,1H3,(H,24,25);2-8H,9H2,1H3,(H,23,24);2-8H,9H2,1H3;2-8,10H,9H2,1H3,(H,22,23);5*1H4. The van der Waals surface area contributed by atoms with E-state index in [-0.39, 0.29) is 132 Å². The summed E-state index contributed by atoms with van der Waals surface area (Å²) in [5.74, 6) is -4.38. The summed E-state index contributed by atoms with van der Waals surface area (Å²) in [6.45, 7) is -0.478. The highest BCUT2D eigenvalue weighted by Gasteiger charge is 2.38. The average Bonchev–Trinajstić information content (AvgIpc) is 1.68. The minimum Gasteiger partial charge on any atom is -0.473 e. The van der Waals surface area contributed by atoms with Gasteiger partial charge in [0.1, 0.15) is 87.9 Å². The molecule has 0 aliphatic rings.